The summed E-state index contributed by atoms with van der Waals surface area (Å²) in [6, 6.07) is 0. The van der Waals surface area contributed by atoms with Crippen LogP contribution in [0.1, 0.15) is 367 Å². The van der Waals surface area contributed by atoms with Gasteiger partial charge in [-0.05, 0) is 148 Å². The fraction of sp³-hybridized carbons (Fsp3) is 0.695. The molecule has 0 saturated carbocycles. The van der Waals surface area contributed by atoms with Crippen molar-refractivity contribution < 1.29 is 75.8 Å². The van der Waals surface area contributed by atoms with Crippen molar-refractivity contribution in [1.82, 2.24) is 0 Å². The van der Waals surface area contributed by atoms with Crippen LogP contribution in [0.15, 0.2) is 158 Å². The van der Waals surface area contributed by atoms with Crippen molar-refractivity contribution in [3.05, 3.63) is 158 Å². The van der Waals surface area contributed by atoms with Gasteiger partial charge in [-0.3, -0.25) is 32.5 Å². The number of allylic oxidation sites excluding steroid dienone is 26. The second-order valence-corrected chi connectivity index (χ2v) is 32.5. The Bertz CT molecular complexity index is 2680. The molecule has 0 spiro atoms. The maximum atomic E-state index is 13.0. The van der Waals surface area contributed by atoms with Crippen molar-refractivity contribution >= 4 is 33.6 Å². The minimum absolute atomic E-state index is 0.0728. The van der Waals surface area contributed by atoms with Crippen LogP contribution in [-0.4, -0.2) is 95.9 Å². The summed E-state index contributed by atoms with van der Waals surface area (Å²) in [5.74, 6) is -1.60. The number of ether oxygens (including phenoxy) is 3. The van der Waals surface area contributed by atoms with Gasteiger partial charge < -0.3 is 34.2 Å². The molecular weight excluding hydrogens is 1460 g/mol. The van der Waals surface area contributed by atoms with Crippen LogP contribution in [0.5, 0.6) is 0 Å². The summed E-state index contributed by atoms with van der Waals surface area (Å²) in [5, 5.41) is 20.7. The Balaban J connectivity index is 4.51. The van der Waals surface area contributed by atoms with E-state index in [2.05, 4.69) is 179 Å². The lowest BCUT2D eigenvalue weighted by atomic mass is 10.0. The first-order valence-electron chi connectivity index (χ1n) is 44.8. The van der Waals surface area contributed by atoms with E-state index < -0.39 is 91.5 Å². The molecule has 0 amide bonds. The lowest BCUT2D eigenvalue weighted by molar-refractivity contribution is -0.161. The van der Waals surface area contributed by atoms with Crippen molar-refractivity contribution in [2.24, 2.45) is 0 Å². The van der Waals surface area contributed by atoms with E-state index in [0.717, 1.165) is 154 Å². The van der Waals surface area contributed by atoms with Crippen LogP contribution in [0.4, 0.5) is 0 Å². The van der Waals surface area contributed by atoms with Crippen LogP contribution in [0.25, 0.3) is 0 Å². The standard InChI is InChI=1S/C95H162O16P2/c1-4-7-10-13-16-19-22-25-28-31-33-35-37-39-41-42-43-44-45-46-48-50-51-53-55-58-60-63-66-69-72-75-78-81-93(98)105-84-90(96)85-107-112(101,102)108-86-91(97)87-109-113(103,104)110-89-92(111-95(100)83-80-77-74-71-68-65-62-57-30-27-24-21-18-15-12-9-6-3)88-106-94(99)82-79-76-73-70-67-64-61-59-56-54-52-49-47-40-38-36-34-32-29-26-23-20-17-14-11-8-5-2/h7,9-10,12,16-21,25-30,33-36,39-41,47,62,65,90-92,96-97H,4-6,8,11,13-15,22-24,31-32,37-38,42-46,48-61,63-64,66-89H2,1-3H3,(H,101,102)(H,103,104)/b10-7-,12-9-,19-16-,20-17-,21-18-,28-25-,29-26-,30-27-,35-33-,36-34-,41-39-,47-40-,65-62-. The van der Waals surface area contributed by atoms with Crippen molar-refractivity contribution in [2.45, 2.75) is 386 Å². The van der Waals surface area contributed by atoms with E-state index in [1.165, 1.54) is 154 Å². The molecule has 5 unspecified atom stereocenters. The minimum atomic E-state index is -4.95. The molecule has 18 heteroatoms. The van der Waals surface area contributed by atoms with E-state index in [-0.39, 0.29) is 19.3 Å². The summed E-state index contributed by atoms with van der Waals surface area (Å²) in [4.78, 5) is 58.9. The molecule has 0 aliphatic rings. The zero-order valence-corrected chi connectivity index (χ0v) is 73.0. The first-order valence-corrected chi connectivity index (χ1v) is 47.8. The van der Waals surface area contributed by atoms with Gasteiger partial charge in [0.15, 0.2) is 6.10 Å². The zero-order valence-electron chi connectivity index (χ0n) is 71.3. The number of unbranched alkanes of at least 4 members (excludes halogenated alkanes) is 35. The van der Waals surface area contributed by atoms with Gasteiger partial charge in [0.2, 0.25) is 0 Å². The fourth-order valence-corrected chi connectivity index (χ4v) is 13.6. The van der Waals surface area contributed by atoms with Crippen LogP contribution in [0, 0.1) is 0 Å². The lowest BCUT2D eigenvalue weighted by Gasteiger charge is -2.21. The fourth-order valence-electron chi connectivity index (χ4n) is 12.0. The van der Waals surface area contributed by atoms with Gasteiger partial charge in [-0.15, -0.1) is 0 Å². The van der Waals surface area contributed by atoms with E-state index in [0.29, 0.717) is 19.3 Å². The average molecular weight is 1620 g/mol. The molecule has 0 aromatic heterocycles. The maximum Gasteiger partial charge on any atom is 0.472 e. The second kappa shape index (κ2) is 86.5. The molecule has 0 fully saturated rings. The Morgan fingerprint density at radius 1 is 0.257 bits per heavy atom. The Morgan fingerprint density at radius 3 is 0.743 bits per heavy atom. The monoisotopic (exact) mass is 1620 g/mol. The highest BCUT2D eigenvalue weighted by Crippen LogP contribution is 2.45. The van der Waals surface area contributed by atoms with Gasteiger partial charge >= 0.3 is 33.6 Å². The summed E-state index contributed by atoms with van der Waals surface area (Å²) in [7, 11) is -9.81. The summed E-state index contributed by atoms with van der Waals surface area (Å²) in [6.45, 7) is 2.43. The van der Waals surface area contributed by atoms with Gasteiger partial charge in [-0.1, -0.05) is 359 Å². The van der Waals surface area contributed by atoms with Gasteiger partial charge in [0, 0.05) is 19.3 Å². The Kier molecular flexibility index (Phi) is 82.8. The van der Waals surface area contributed by atoms with Crippen LogP contribution >= 0.6 is 15.6 Å². The lowest BCUT2D eigenvalue weighted by Crippen LogP contribution is -2.30. The van der Waals surface area contributed by atoms with E-state index in [1.807, 2.05) is 0 Å². The quantitative estimate of drug-likeness (QED) is 0.0146. The van der Waals surface area contributed by atoms with Gasteiger partial charge in [0.1, 0.15) is 25.4 Å². The highest BCUT2D eigenvalue weighted by molar-refractivity contribution is 7.47. The van der Waals surface area contributed by atoms with Crippen molar-refractivity contribution in [1.29, 1.82) is 0 Å². The van der Waals surface area contributed by atoms with Crippen LogP contribution < -0.4 is 0 Å². The number of aliphatic hydroxyl groups excluding tert-OH is 2. The molecule has 648 valence electrons. The van der Waals surface area contributed by atoms with E-state index in [4.69, 9.17) is 32.3 Å². The number of hydrogen-bond acceptors (Lipinski definition) is 14. The summed E-state index contributed by atoms with van der Waals surface area (Å²) in [6.07, 6.45) is 110. The molecule has 0 radical (unpaired) electrons. The van der Waals surface area contributed by atoms with E-state index in [9.17, 15) is 43.5 Å². The number of hydrogen-bond donors (Lipinski definition) is 4. The molecule has 0 aliphatic carbocycles. The number of carbonyl (C=O) groups is 3. The SMILES string of the molecule is CC/C=C\C/C=C\C/C=C\C/C=C\C/C=C\CCCCCCCCCCCCCCCCCCCC(=O)OCC(O)COP(=O)(O)OCC(O)COP(=O)(O)OCC(COC(=O)CCCCCCCCCCCCC/C=C\C/C=C\C/C=C\C/C=C\CCCCC)OC(=O)CCCCCC/C=C\C/C=C\C/C=C\C/C=C\CC. The molecule has 0 aromatic rings. The minimum Gasteiger partial charge on any atom is -0.463 e. The molecule has 0 rings (SSSR count). The third-order valence-electron chi connectivity index (χ3n) is 18.7. The summed E-state index contributed by atoms with van der Waals surface area (Å²) < 4.78 is 61.4. The molecule has 0 heterocycles. The van der Waals surface area contributed by atoms with Crippen LogP contribution in [0.3, 0.4) is 0 Å². The van der Waals surface area contributed by atoms with Crippen molar-refractivity contribution in [3.63, 3.8) is 0 Å². The number of carbonyl (C=O) groups excluding carboxylic acids is 3. The smallest absolute Gasteiger partial charge is 0.463 e. The predicted molar refractivity (Wildman–Crippen MR) is 472 cm³/mol. The van der Waals surface area contributed by atoms with Gasteiger partial charge in [-0.2, -0.15) is 0 Å². The average Bonchev–Trinajstić information content (AvgIpc) is 0.900. The number of esters is 3. The largest absolute Gasteiger partial charge is 0.472 e. The summed E-state index contributed by atoms with van der Waals surface area (Å²) >= 11 is 0. The zero-order chi connectivity index (χ0) is 82.2. The van der Waals surface area contributed by atoms with Crippen LogP contribution in [-0.2, 0) is 55.8 Å². The molecular formula is C95H162O16P2. The van der Waals surface area contributed by atoms with Crippen molar-refractivity contribution in [2.75, 3.05) is 39.6 Å². The first-order chi connectivity index (χ1) is 55.2. The number of phosphoric ester groups is 2. The third kappa shape index (κ3) is 87.8. The molecule has 4 N–H and O–H groups in total. The molecule has 0 aliphatic heterocycles. The molecule has 113 heavy (non-hydrogen) atoms. The molecule has 0 bridgehead atoms. The molecule has 0 saturated heterocycles. The summed E-state index contributed by atoms with van der Waals surface area (Å²) in [5.41, 5.74) is 0. The number of phosphoric acid groups is 2. The Morgan fingerprint density at radius 2 is 0.469 bits per heavy atom. The Hall–Kier alpha value is -4.83. The maximum absolute atomic E-state index is 13.0. The molecule has 5 atom stereocenters. The molecule has 16 nitrogen and oxygen atoms in total. The highest BCUT2D eigenvalue weighted by Gasteiger charge is 2.29. The second-order valence-electron chi connectivity index (χ2n) is 29.6. The highest BCUT2D eigenvalue weighted by atomic mass is 31.2. The van der Waals surface area contributed by atoms with E-state index >= 15 is 0 Å². The van der Waals surface area contributed by atoms with E-state index in [1.54, 1.807) is 0 Å². The van der Waals surface area contributed by atoms with Crippen LogP contribution in [0.2, 0.25) is 0 Å². The normalized spacial score (nSPS) is 14.6. The number of aliphatic hydroxyl groups is 2. The third-order valence-corrected chi connectivity index (χ3v) is 20.6. The molecule has 0 aromatic carbocycles. The van der Waals surface area contributed by atoms with Gasteiger partial charge in [0.25, 0.3) is 0 Å². The van der Waals surface area contributed by atoms with Gasteiger partial charge in [0.05, 0.1) is 26.4 Å². The Labute approximate surface area is 689 Å². The van der Waals surface area contributed by atoms with Crippen molar-refractivity contribution in [3.8, 4) is 0 Å². The predicted octanol–water partition coefficient (Wildman–Crippen LogP) is 27.3. The first kappa shape index (κ1) is 108. The topological polar surface area (TPSA) is 231 Å². The number of rotatable bonds is 84. The van der Waals surface area contributed by atoms with Gasteiger partial charge in [-0.25, -0.2) is 9.13 Å².